The highest BCUT2D eigenvalue weighted by atomic mass is 16.5. The number of ether oxygens (including phenoxy) is 3. The number of nitrogens with one attached hydrogen (secondary N) is 1. The predicted molar refractivity (Wildman–Crippen MR) is 112 cm³/mol. The van der Waals surface area contributed by atoms with Crippen LogP contribution in [0.5, 0.6) is 11.5 Å². The Balaban J connectivity index is 1.55. The molecule has 4 rings (SSSR count). The molecule has 0 aliphatic heterocycles. The molecule has 0 fully saturated rings. The summed E-state index contributed by atoms with van der Waals surface area (Å²) >= 11 is 0. The van der Waals surface area contributed by atoms with E-state index in [2.05, 4.69) is 5.32 Å². The summed E-state index contributed by atoms with van der Waals surface area (Å²) in [6, 6.07) is 17.8. The highest BCUT2D eigenvalue weighted by molar-refractivity contribution is 6.07. The van der Waals surface area contributed by atoms with Gasteiger partial charge < -0.3 is 23.9 Å². The smallest absolute Gasteiger partial charge is 0.341 e. The molecule has 0 atom stereocenters. The minimum Gasteiger partial charge on any atom is -0.495 e. The molecule has 1 amide bonds. The number of anilines is 1. The largest absolute Gasteiger partial charge is 0.495 e. The minimum atomic E-state index is -0.539. The summed E-state index contributed by atoms with van der Waals surface area (Å²) in [5, 5.41) is 4.62. The van der Waals surface area contributed by atoms with E-state index in [9.17, 15) is 9.59 Å². The Kier molecular flexibility index (Phi) is 5.26. The van der Waals surface area contributed by atoms with Crippen LogP contribution in [0.3, 0.4) is 0 Å². The molecule has 7 nitrogen and oxygen atoms in total. The third-order valence-electron chi connectivity index (χ3n) is 4.62. The Morgan fingerprint density at radius 2 is 1.67 bits per heavy atom. The summed E-state index contributed by atoms with van der Waals surface area (Å²) in [5.74, 6) is -0.192. The van der Waals surface area contributed by atoms with Crippen molar-refractivity contribution in [2.24, 2.45) is 0 Å². The number of carbonyl (C=O) groups is 2. The summed E-state index contributed by atoms with van der Waals surface area (Å²) < 4.78 is 21.6. The van der Waals surface area contributed by atoms with Crippen molar-refractivity contribution in [2.45, 2.75) is 0 Å². The van der Waals surface area contributed by atoms with E-state index >= 15 is 0 Å². The van der Waals surface area contributed by atoms with Crippen molar-refractivity contribution in [1.29, 1.82) is 0 Å². The average Bonchev–Trinajstić information content (AvgIpc) is 3.14. The average molecular weight is 405 g/mol. The fraction of sp³-hybridized carbons (Fsp3) is 0.130. The number of benzene rings is 3. The second-order valence-corrected chi connectivity index (χ2v) is 6.47. The maximum Gasteiger partial charge on any atom is 0.341 e. The Morgan fingerprint density at radius 3 is 2.47 bits per heavy atom. The first-order valence-corrected chi connectivity index (χ1v) is 9.20. The Hall–Kier alpha value is -4.00. The fourth-order valence-corrected chi connectivity index (χ4v) is 3.22. The molecule has 3 aromatic carbocycles. The first kappa shape index (κ1) is 19.3. The first-order chi connectivity index (χ1) is 14.6. The minimum absolute atomic E-state index is 0.245. The third kappa shape index (κ3) is 3.65. The second-order valence-electron chi connectivity index (χ2n) is 6.47. The van der Waals surface area contributed by atoms with E-state index < -0.39 is 11.9 Å². The Morgan fingerprint density at radius 1 is 0.900 bits per heavy atom. The number of amides is 1. The van der Waals surface area contributed by atoms with Gasteiger partial charge in [0.2, 0.25) is 0 Å². The van der Waals surface area contributed by atoms with Crippen molar-refractivity contribution in [3.8, 4) is 11.5 Å². The number of esters is 1. The predicted octanol–water partition coefficient (Wildman–Crippen LogP) is 4.40. The van der Waals surface area contributed by atoms with Gasteiger partial charge in [-0.1, -0.05) is 30.3 Å². The van der Waals surface area contributed by atoms with Crippen molar-refractivity contribution in [1.82, 2.24) is 0 Å². The van der Waals surface area contributed by atoms with Crippen LogP contribution in [0, 0.1) is 0 Å². The molecule has 0 radical (unpaired) electrons. The van der Waals surface area contributed by atoms with Gasteiger partial charge in [-0.15, -0.1) is 0 Å². The van der Waals surface area contributed by atoms with Crippen molar-refractivity contribution in [3.05, 3.63) is 66.2 Å². The van der Waals surface area contributed by atoms with Crippen LogP contribution < -0.4 is 14.8 Å². The van der Waals surface area contributed by atoms with E-state index in [0.717, 1.165) is 16.4 Å². The normalized spacial score (nSPS) is 10.7. The Labute approximate surface area is 172 Å². The molecule has 0 saturated heterocycles. The standard InChI is InChI=1S/C23H19NO6/c1-27-21-11-16-14-7-3-6-10-19(14)30-20(16)12-17(21)24-22(25)13-29-18-9-5-4-8-15(18)23(26)28-2/h3-12H,13H2,1-2H3,(H,24,25). The van der Waals surface area contributed by atoms with E-state index in [-0.39, 0.29) is 17.9 Å². The quantitative estimate of drug-likeness (QED) is 0.479. The van der Waals surface area contributed by atoms with Crippen molar-refractivity contribution >= 4 is 39.5 Å². The maximum atomic E-state index is 12.5. The molecule has 4 aromatic rings. The molecule has 0 unspecified atom stereocenters. The van der Waals surface area contributed by atoms with Crippen LogP contribution >= 0.6 is 0 Å². The van der Waals surface area contributed by atoms with Crippen molar-refractivity contribution in [2.75, 3.05) is 26.1 Å². The molecule has 1 aromatic heterocycles. The van der Waals surface area contributed by atoms with Gasteiger partial charge in [-0.25, -0.2) is 4.79 Å². The first-order valence-electron chi connectivity index (χ1n) is 9.20. The van der Waals surface area contributed by atoms with Crippen LogP contribution in [0.2, 0.25) is 0 Å². The van der Waals surface area contributed by atoms with Crippen LogP contribution in [0.4, 0.5) is 5.69 Å². The zero-order valence-corrected chi connectivity index (χ0v) is 16.4. The highest BCUT2D eigenvalue weighted by Crippen LogP contribution is 2.36. The van der Waals surface area contributed by atoms with Gasteiger partial charge in [0.05, 0.1) is 19.9 Å². The van der Waals surface area contributed by atoms with Gasteiger partial charge in [0, 0.05) is 16.8 Å². The molecule has 1 N–H and O–H groups in total. The summed E-state index contributed by atoms with van der Waals surface area (Å²) in [6.07, 6.45) is 0. The molecule has 30 heavy (non-hydrogen) atoms. The van der Waals surface area contributed by atoms with E-state index in [1.165, 1.54) is 14.2 Å². The van der Waals surface area contributed by atoms with E-state index in [1.54, 1.807) is 30.3 Å². The number of fused-ring (bicyclic) bond motifs is 3. The van der Waals surface area contributed by atoms with Crippen LogP contribution in [0.25, 0.3) is 21.9 Å². The van der Waals surface area contributed by atoms with Crippen LogP contribution in [0.15, 0.2) is 65.1 Å². The van der Waals surface area contributed by atoms with Gasteiger partial charge >= 0.3 is 5.97 Å². The van der Waals surface area contributed by atoms with Gasteiger partial charge in [-0.3, -0.25) is 4.79 Å². The number of furan rings is 1. The lowest BCUT2D eigenvalue weighted by Gasteiger charge is -2.12. The van der Waals surface area contributed by atoms with Gasteiger partial charge in [0.15, 0.2) is 6.61 Å². The summed E-state index contributed by atoms with van der Waals surface area (Å²) in [5.41, 5.74) is 2.08. The Bertz CT molecular complexity index is 1240. The summed E-state index contributed by atoms with van der Waals surface area (Å²) in [7, 11) is 2.81. The van der Waals surface area contributed by atoms with Crippen LogP contribution in [-0.4, -0.2) is 32.7 Å². The molecule has 0 bridgehead atoms. The van der Waals surface area contributed by atoms with Gasteiger partial charge in [-0.2, -0.15) is 0 Å². The second kappa shape index (κ2) is 8.16. The molecular formula is C23H19NO6. The lowest BCUT2D eigenvalue weighted by atomic mass is 10.1. The SMILES string of the molecule is COC(=O)c1ccccc1OCC(=O)Nc1cc2oc3ccccc3c2cc1OC. The van der Waals surface area contributed by atoms with Crippen LogP contribution in [-0.2, 0) is 9.53 Å². The lowest BCUT2D eigenvalue weighted by Crippen LogP contribution is -2.21. The van der Waals surface area contributed by atoms with Gasteiger partial charge in [0.1, 0.15) is 28.2 Å². The summed E-state index contributed by atoms with van der Waals surface area (Å²) in [6.45, 7) is -0.296. The molecule has 0 aliphatic rings. The van der Waals surface area contributed by atoms with Crippen molar-refractivity contribution in [3.63, 3.8) is 0 Å². The molecule has 0 saturated carbocycles. The molecule has 7 heteroatoms. The third-order valence-corrected chi connectivity index (χ3v) is 4.62. The van der Waals surface area contributed by atoms with Gasteiger partial charge in [0.25, 0.3) is 5.91 Å². The maximum absolute atomic E-state index is 12.5. The zero-order chi connectivity index (χ0) is 21.1. The number of hydrogen-bond donors (Lipinski definition) is 1. The van der Waals surface area contributed by atoms with Crippen LogP contribution in [0.1, 0.15) is 10.4 Å². The lowest BCUT2D eigenvalue weighted by molar-refractivity contribution is -0.118. The number of hydrogen-bond acceptors (Lipinski definition) is 6. The highest BCUT2D eigenvalue weighted by Gasteiger charge is 2.16. The molecule has 1 heterocycles. The monoisotopic (exact) mass is 405 g/mol. The summed E-state index contributed by atoms with van der Waals surface area (Å²) in [4.78, 5) is 24.3. The van der Waals surface area contributed by atoms with Gasteiger partial charge in [-0.05, 0) is 24.3 Å². The molecule has 0 aliphatic carbocycles. The fourth-order valence-electron chi connectivity index (χ4n) is 3.22. The molecular weight excluding hydrogens is 386 g/mol. The number of rotatable bonds is 6. The zero-order valence-electron chi connectivity index (χ0n) is 16.4. The topological polar surface area (TPSA) is 87.0 Å². The molecule has 0 spiro atoms. The van der Waals surface area contributed by atoms with E-state index in [4.69, 9.17) is 18.6 Å². The van der Waals surface area contributed by atoms with E-state index in [0.29, 0.717) is 17.0 Å². The number of carbonyl (C=O) groups excluding carboxylic acids is 2. The van der Waals surface area contributed by atoms with Crippen molar-refractivity contribution < 1.29 is 28.2 Å². The van der Waals surface area contributed by atoms with E-state index in [1.807, 2.05) is 30.3 Å². The number of methoxy groups -OCH3 is 2. The molecule has 152 valence electrons. The number of para-hydroxylation sites is 2.